The van der Waals surface area contributed by atoms with Crippen molar-refractivity contribution in [1.29, 1.82) is 0 Å². The number of benzene rings is 1. The van der Waals surface area contributed by atoms with E-state index in [4.69, 9.17) is 11.6 Å². The van der Waals surface area contributed by atoms with Crippen molar-refractivity contribution in [3.8, 4) is 0 Å². The minimum Gasteiger partial charge on any atom is -0.304 e. The summed E-state index contributed by atoms with van der Waals surface area (Å²) in [5.74, 6) is 0. The van der Waals surface area contributed by atoms with E-state index < -0.39 is 10.2 Å². The van der Waals surface area contributed by atoms with Crippen molar-refractivity contribution in [2.45, 2.75) is 6.04 Å². The van der Waals surface area contributed by atoms with Gasteiger partial charge >= 0.3 is 0 Å². The second kappa shape index (κ2) is 7.72. The van der Waals surface area contributed by atoms with Crippen LogP contribution in [0.25, 0.3) is 0 Å². The molecule has 1 saturated heterocycles. The van der Waals surface area contributed by atoms with Gasteiger partial charge in [-0.2, -0.15) is 8.42 Å². The average Bonchev–Trinajstić information content (AvgIpc) is 2.51. The number of nitrogens with zero attached hydrogens (tertiary/aromatic N) is 2. The van der Waals surface area contributed by atoms with Crippen LogP contribution < -0.4 is 9.44 Å². The van der Waals surface area contributed by atoms with Crippen LogP contribution in [0.3, 0.4) is 0 Å². The molecule has 6 nitrogen and oxygen atoms in total. The summed E-state index contributed by atoms with van der Waals surface area (Å²) in [6, 6.07) is 7.59. The molecule has 1 heterocycles. The quantitative estimate of drug-likeness (QED) is 0.795. The molecule has 0 saturated carbocycles. The van der Waals surface area contributed by atoms with Crippen LogP contribution in [0.5, 0.6) is 0 Å². The molecule has 124 valence electrons. The lowest BCUT2D eigenvalue weighted by Crippen LogP contribution is -2.49. The molecule has 2 rings (SSSR count). The summed E-state index contributed by atoms with van der Waals surface area (Å²) in [6.45, 7) is 4.09. The van der Waals surface area contributed by atoms with Gasteiger partial charge in [0, 0.05) is 50.8 Å². The van der Waals surface area contributed by atoms with Crippen molar-refractivity contribution >= 4 is 21.8 Å². The first-order valence-electron chi connectivity index (χ1n) is 7.27. The molecule has 1 unspecified atom stereocenters. The highest BCUT2D eigenvalue weighted by Crippen LogP contribution is 2.23. The predicted molar refractivity (Wildman–Crippen MR) is 89.2 cm³/mol. The van der Waals surface area contributed by atoms with E-state index in [0.717, 1.165) is 31.7 Å². The van der Waals surface area contributed by atoms with Crippen molar-refractivity contribution in [3.05, 3.63) is 34.9 Å². The molecule has 0 aliphatic carbocycles. The minimum atomic E-state index is -3.44. The Morgan fingerprint density at radius 2 is 1.77 bits per heavy atom. The standard InChI is InChI=1S/C14H23ClN4O2S/c1-16-22(20,21)17-11-14(12-3-5-13(15)6-4-12)19-9-7-18(2)8-10-19/h3-6,14,16-17H,7-11H2,1-2H3. The van der Waals surface area contributed by atoms with Crippen LogP contribution in [-0.2, 0) is 10.2 Å². The van der Waals surface area contributed by atoms with Crippen LogP contribution in [0, 0.1) is 0 Å². The van der Waals surface area contributed by atoms with Gasteiger partial charge in [-0.1, -0.05) is 23.7 Å². The molecule has 0 spiro atoms. The second-order valence-electron chi connectivity index (χ2n) is 5.46. The Kier molecular flexibility index (Phi) is 6.19. The van der Waals surface area contributed by atoms with Gasteiger partial charge in [-0.25, -0.2) is 9.44 Å². The van der Waals surface area contributed by atoms with Gasteiger partial charge in [0.25, 0.3) is 10.2 Å². The van der Waals surface area contributed by atoms with Gasteiger partial charge in [-0.05, 0) is 24.7 Å². The maximum Gasteiger partial charge on any atom is 0.276 e. The summed E-state index contributed by atoms with van der Waals surface area (Å²) in [5.41, 5.74) is 1.06. The molecule has 1 aromatic rings. The Hall–Kier alpha value is -0.700. The van der Waals surface area contributed by atoms with E-state index in [-0.39, 0.29) is 6.04 Å². The number of likely N-dealkylation sites (N-methyl/N-ethyl adjacent to an activating group) is 1. The molecule has 22 heavy (non-hydrogen) atoms. The summed E-state index contributed by atoms with van der Waals surface area (Å²) in [4.78, 5) is 4.58. The van der Waals surface area contributed by atoms with E-state index >= 15 is 0 Å². The smallest absolute Gasteiger partial charge is 0.276 e. The number of hydrogen-bond donors (Lipinski definition) is 2. The zero-order valence-corrected chi connectivity index (χ0v) is 14.5. The first-order chi connectivity index (χ1) is 10.4. The molecular formula is C14H23ClN4O2S. The average molecular weight is 347 g/mol. The SMILES string of the molecule is CNS(=O)(=O)NCC(c1ccc(Cl)cc1)N1CCN(C)CC1. The van der Waals surface area contributed by atoms with Crippen LogP contribution in [0.15, 0.2) is 24.3 Å². The zero-order valence-electron chi connectivity index (χ0n) is 12.9. The number of halogens is 1. The fourth-order valence-corrected chi connectivity index (χ4v) is 3.18. The highest BCUT2D eigenvalue weighted by atomic mass is 35.5. The van der Waals surface area contributed by atoms with Crippen LogP contribution >= 0.6 is 11.6 Å². The van der Waals surface area contributed by atoms with Crippen molar-refractivity contribution in [2.75, 3.05) is 46.8 Å². The lowest BCUT2D eigenvalue weighted by molar-refractivity contribution is 0.113. The van der Waals surface area contributed by atoms with Gasteiger partial charge in [0.05, 0.1) is 0 Å². The molecule has 1 aromatic carbocycles. The van der Waals surface area contributed by atoms with E-state index in [9.17, 15) is 8.42 Å². The molecule has 1 aliphatic rings. The van der Waals surface area contributed by atoms with Crippen molar-refractivity contribution in [2.24, 2.45) is 0 Å². The summed E-state index contributed by atoms with van der Waals surface area (Å²) in [7, 11) is 0.0506. The minimum absolute atomic E-state index is 0.00547. The van der Waals surface area contributed by atoms with E-state index in [2.05, 4.69) is 26.3 Å². The summed E-state index contributed by atoms with van der Waals surface area (Å²) in [5, 5.41) is 0.677. The molecule has 1 fully saturated rings. The van der Waals surface area contributed by atoms with Crippen molar-refractivity contribution in [1.82, 2.24) is 19.2 Å². The summed E-state index contributed by atoms with van der Waals surface area (Å²) in [6.07, 6.45) is 0. The van der Waals surface area contributed by atoms with Crippen LogP contribution in [-0.4, -0.2) is 65.0 Å². The first-order valence-corrected chi connectivity index (χ1v) is 9.13. The lowest BCUT2D eigenvalue weighted by Gasteiger charge is -2.38. The number of hydrogen-bond acceptors (Lipinski definition) is 4. The maximum absolute atomic E-state index is 11.7. The third-order valence-electron chi connectivity index (χ3n) is 3.97. The fraction of sp³-hybridized carbons (Fsp3) is 0.571. The van der Waals surface area contributed by atoms with Gasteiger partial charge in [0.15, 0.2) is 0 Å². The van der Waals surface area contributed by atoms with Gasteiger partial charge in [-0.15, -0.1) is 0 Å². The highest BCUT2D eigenvalue weighted by Gasteiger charge is 2.25. The van der Waals surface area contributed by atoms with Gasteiger partial charge in [-0.3, -0.25) is 4.90 Å². The Morgan fingerprint density at radius 3 is 2.32 bits per heavy atom. The summed E-state index contributed by atoms with van der Waals surface area (Å²) < 4.78 is 28.2. The molecule has 1 aliphatic heterocycles. The number of rotatable bonds is 6. The highest BCUT2D eigenvalue weighted by molar-refractivity contribution is 7.87. The topological polar surface area (TPSA) is 64.7 Å². The number of piperazine rings is 1. The third-order valence-corrected chi connectivity index (χ3v) is 5.30. The molecule has 2 N–H and O–H groups in total. The molecule has 0 radical (unpaired) electrons. The van der Waals surface area contributed by atoms with Crippen LogP contribution in [0.2, 0.25) is 5.02 Å². The van der Waals surface area contributed by atoms with Crippen molar-refractivity contribution in [3.63, 3.8) is 0 Å². The van der Waals surface area contributed by atoms with Gasteiger partial charge in [0.1, 0.15) is 0 Å². The van der Waals surface area contributed by atoms with Crippen LogP contribution in [0.4, 0.5) is 0 Å². The first kappa shape index (κ1) is 17.7. The lowest BCUT2D eigenvalue weighted by atomic mass is 10.0. The Labute approximate surface area is 137 Å². The monoisotopic (exact) mass is 346 g/mol. The fourth-order valence-electron chi connectivity index (χ4n) is 2.54. The van der Waals surface area contributed by atoms with E-state index in [1.54, 1.807) is 0 Å². The molecule has 1 atom stereocenters. The second-order valence-corrected chi connectivity index (χ2v) is 7.60. The Morgan fingerprint density at radius 1 is 1.18 bits per heavy atom. The zero-order chi connectivity index (χ0) is 16.2. The predicted octanol–water partition coefficient (Wildman–Crippen LogP) is 0.682. The van der Waals surface area contributed by atoms with Crippen LogP contribution in [0.1, 0.15) is 11.6 Å². The van der Waals surface area contributed by atoms with Gasteiger partial charge in [0.2, 0.25) is 0 Å². The molecule has 0 aromatic heterocycles. The Bertz CT molecular complexity index is 571. The Balaban J connectivity index is 2.15. The molecule has 0 bridgehead atoms. The largest absolute Gasteiger partial charge is 0.304 e. The normalized spacial score (nSPS) is 19.2. The van der Waals surface area contributed by atoms with Crippen molar-refractivity contribution < 1.29 is 8.42 Å². The molecule has 8 heteroatoms. The molecular weight excluding hydrogens is 324 g/mol. The van der Waals surface area contributed by atoms with E-state index in [1.165, 1.54) is 7.05 Å². The third kappa shape index (κ3) is 4.91. The number of nitrogens with one attached hydrogen (secondary N) is 2. The summed E-state index contributed by atoms with van der Waals surface area (Å²) >= 11 is 5.95. The van der Waals surface area contributed by atoms with E-state index in [1.807, 2.05) is 24.3 Å². The van der Waals surface area contributed by atoms with Gasteiger partial charge < -0.3 is 4.90 Å². The molecule has 0 amide bonds. The maximum atomic E-state index is 11.7. The van der Waals surface area contributed by atoms with E-state index in [0.29, 0.717) is 11.6 Å².